The maximum absolute atomic E-state index is 12.5. The van der Waals surface area contributed by atoms with Crippen molar-refractivity contribution in [2.24, 2.45) is 5.73 Å². The van der Waals surface area contributed by atoms with Gasteiger partial charge in [-0.1, -0.05) is 37.9 Å². The number of aromatic nitrogens is 1. The summed E-state index contributed by atoms with van der Waals surface area (Å²) in [5, 5.41) is 0. The Bertz CT molecular complexity index is 579. The van der Waals surface area contributed by atoms with Gasteiger partial charge in [-0.05, 0) is 25.0 Å². The number of sulfonamides is 1. The van der Waals surface area contributed by atoms with Crippen LogP contribution in [0.1, 0.15) is 44.2 Å². The molecule has 5 nitrogen and oxygen atoms in total. The third-order valence-electron chi connectivity index (χ3n) is 3.47. The molecule has 2 rings (SSSR count). The number of nitrogens with two attached hydrogens (primary N) is 1. The molecule has 0 radical (unpaired) electrons. The SMILES string of the molecule is NC(=S)c1ncccc1S(=O)(=O)NC1CCCCCC1. The van der Waals surface area contributed by atoms with Gasteiger partial charge in [0.2, 0.25) is 10.0 Å². The predicted molar refractivity (Wildman–Crippen MR) is 81.9 cm³/mol. The summed E-state index contributed by atoms with van der Waals surface area (Å²) >= 11 is 4.87. The number of rotatable bonds is 4. The zero-order chi connectivity index (χ0) is 14.6. The van der Waals surface area contributed by atoms with Gasteiger partial charge >= 0.3 is 0 Å². The van der Waals surface area contributed by atoms with Gasteiger partial charge in [-0.15, -0.1) is 0 Å². The monoisotopic (exact) mass is 313 g/mol. The molecule has 0 spiro atoms. The van der Waals surface area contributed by atoms with Crippen molar-refractivity contribution in [1.82, 2.24) is 9.71 Å². The number of nitrogens with one attached hydrogen (secondary N) is 1. The van der Waals surface area contributed by atoms with Crippen molar-refractivity contribution in [2.75, 3.05) is 0 Å². The van der Waals surface area contributed by atoms with Crippen molar-refractivity contribution in [1.29, 1.82) is 0 Å². The van der Waals surface area contributed by atoms with Crippen molar-refractivity contribution < 1.29 is 8.42 Å². The van der Waals surface area contributed by atoms with Gasteiger partial charge < -0.3 is 5.73 Å². The quantitative estimate of drug-likeness (QED) is 0.653. The van der Waals surface area contributed by atoms with E-state index in [1.54, 1.807) is 6.07 Å². The molecule has 110 valence electrons. The highest BCUT2D eigenvalue weighted by Gasteiger charge is 2.24. The molecule has 0 bridgehead atoms. The van der Waals surface area contributed by atoms with Crippen LogP contribution < -0.4 is 10.5 Å². The lowest BCUT2D eigenvalue weighted by Gasteiger charge is -2.17. The highest BCUT2D eigenvalue weighted by molar-refractivity contribution is 7.89. The summed E-state index contributed by atoms with van der Waals surface area (Å²) in [4.78, 5) is 4.03. The van der Waals surface area contributed by atoms with E-state index in [2.05, 4.69) is 9.71 Å². The molecular weight excluding hydrogens is 294 g/mol. The summed E-state index contributed by atoms with van der Waals surface area (Å²) in [6.45, 7) is 0. The Labute approximate surface area is 125 Å². The van der Waals surface area contributed by atoms with Crippen molar-refractivity contribution >= 4 is 27.2 Å². The third-order valence-corrected chi connectivity index (χ3v) is 5.22. The molecule has 20 heavy (non-hydrogen) atoms. The Balaban J connectivity index is 2.24. The molecule has 1 aromatic heterocycles. The lowest BCUT2D eigenvalue weighted by molar-refractivity contribution is 0.509. The second-order valence-electron chi connectivity index (χ2n) is 5.02. The molecule has 0 aromatic carbocycles. The van der Waals surface area contributed by atoms with Crippen LogP contribution in [-0.4, -0.2) is 24.4 Å². The molecule has 1 heterocycles. The van der Waals surface area contributed by atoms with Gasteiger partial charge in [0, 0.05) is 12.2 Å². The van der Waals surface area contributed by atoms with Crippen molar-refractivity contribution in [3.63, 3.8) is 0 Å². The van der Waals surface area contributed by atoms with Crippen LogP contribution in [0.15, 0.2) is 23.2 Å². The minimum atomic E-state index is -3.63. The number of thiocarbonyl (C=S) groups is 1. The van der Waals surface area contributed by atoms with E-state index in [9.17, 15) is 8.42 Å². The number of nitrogens with zero attached hydrogens (tertiary/aromatic N) is 1. The molecule has 1 aliphatic carbocycles. The molecule has 0 aliphatic heterocycles. The van der Waals surface area contributed by atoms with Crippen molar-refractivity contribution in [2.45, 2.75) is 49.5 Å². The van der Waals surface area contributed by atoms with Crippen LogP contribution in [0.25, 0.3) is 0 Å². The maximum Gasteiger partial charge on any atom is 0.243 e. The molecule has 1 fully saturated rings. The molecule has 1 aromatic rings. The van der Waals surface area contributed by atoms with Gasteiger partial charge in [-0.2, -0.15) is 0 Å². The molecular formula is C13H19N3O2S2. The first-order valence-electron chi connectivity index (χ1n) is 6.78. The van der Waals surface area contributed by atoms with E-state index in [0.29, 0.717) is 0 Å². The predicted octanol–water partition coefficient (Wildman–Crippen LogP) is 1.72. The average Bonchev–Trinajstić information content (AvgIpc) is 2.67. The van der Waals surface area contributed by atoms with Crippen molar-refractivity contribution in [3.05, 3.63) is 24.0 Å². The van der Waals surface area contributed by atoms with Gasteiger partial charge in [0.1, 0.15) is 15.6 Å². The van der Waals surface area contributed by atoms with Crippen LogP contribution in [0.2, 0.25) is 0 Å². The van der Waals surface area contributed by atoms with Gasteiger partial charge in [0.15, 0.2) is 0 Å². The molecule has 7 heteroatoms. The second-order valence-corrected chi connectivity index (χ2v) is 7.15. The number of pyridine rings is 1. The number of hydrogen-bond acceptors (Lipinski definition) is 4. The lowest BCUT2D eigenvalue weighted by Crippen LogP contribution is -2.35. The smallest absolute Gasteiger partial charge is 0.243 e. The van der Waals surface area contributed by atoms with E-state index < -0.39 is 10.0 Å². The zero-order valence-electron chi connectivity index (χ0n) is 11.2. The summed E-state index contributed by atoms with van der Waals surface area (Å²) in [6, 6.07) is 3.05. The van der Waals surface area contributed by atoms with Gasteiger partial charge in [-0.25, -0.2) is 13.1 Å². The normalized spacial score (nSPS) is 17.6. The zero-order valence-corrected chi connectivity index (χ0v) is 12.8. The minimum absolute atomic E-state index is 0.00755. The molecule has 0 atom stereocenters. The van der Waals surface area contributed by atoms with Crippen LogP contribution in [0.5, 0.6) is 0 Å². The van der Waals surface area contributed by atoms with E-state index in [1.165, 1.54) is 25.1 Å². The third kappa shape index (κ3) is 3.74. The molecule has 0 unspecified atom stereocenters. The first-order valence-corrected chi connectivity index (χ1v) is 8.67. The Morgan fingerprint density at radius 3 is 2.55 bits per heavy atom. The van der Waals surface area contributed by atoms with E-state index in [4.69, 9.17) is 18.0 Å². The number of hydrogen-bond donors (Lipinski definition) is 2. The Morgan fingerprint density at radius 2 is 1.95 bits per heavy atom. The fourth-order valence-corrected chi connectivity index (χ4v) is 4.18. The highest BCUT2D eigenvalue weighted by atomic mass is 32.2. The van der Waals surface area contributed by atoms with Gasteiger partial charge in [-0.3, -0.25) is 4.98 Å². The van der Waals surface area contributed by atoms with Crippen LogP contribution in [0.4, 0.5) is 0 Å². The van der Waals surface area contributed by atoms with Crippen LogP contribution in [0.3, 0.4) is 0 Å². The summed E-state index contributed by atoms with van der Waals surface area (Å²) in [7, 11) is -3.63. The summed E-state index contributed by atoms with van der Waals surface area (Å²) in [5.41, 5.74) is 5.70. The molecule has 0 amide bonds. The summed E-state index contributed by atoms with van der Waals surface area (Å²) < 4.78 is 27.7. The van der Waals surface area contributed by atoms with E-state index in [0.717, 1.165) is 25.7 Å². The second kappa shape index (κ2) is 6.60. The first kappa shape index (κ1) is 15.3. The molecule has 1 aliphatic rings. The standard InChI is InChI=1S/C13H19N3O2S2/c14-13(19)12-11(8-5-9-15-12)20(17,18)16-10-6-3-1-2-4-7-10/h5,8-10,16H,1-4,6-7H2,(H2,14,19). The van der Waals surface area contributed by atoms with E-state index >= 15 is 0 Å². The van der Waals surface area contributed by atoms with E-state index in [1.807, 2.05) is 0 Å². The van der Waals surface area contributed by atoms with Gasteiger partial charge in [0.05, 0.1) is 0 Å². The largest absolute Gasteiger partial charge is 0.388 e. The fourth-order valence-electron chi connectivity index (χ4n) is 2.47. The average molecular weight is 313 g/mol. The van der Waals surface area contributed by atoms with Crippen LogP contribution in [-0.2, 0) is 10.0 Å². The molecule has 0 saturated heterocycles. The molecule has 3 N–H and O–H groups in total. The minimum Gasteiger partial charge on any atom is -0.388 e. The fraction of sp³-hybridized carbons (Fsp3) is 0.538. The first-order chi connectivity index (χ1) is 9.50. The van der Waals surface area contributed by atoms with Crippen molar-refractivity contribution in [3.8, 4) is 0 Å². The maximum atomic E-state index is 12.5. The summed E-state index contributed by atoms with van der Waals surface area (Å²) in [6.07, 6.45) is 7.69. The highest BCUT2D eigenvalue weighted by Crippen LogP contribution is 2.20. The Morgan fingerprint density at radius 1 is 1.30 bits per heavy atom. The Hall–Kier alpha value is -1.05. The Kier molecular flexibility index (Phi) is 5.06. The topological polar surface area (TPSA) is 85.1 Å². The summed E-state index contributed by atoms with van der Waals surface area (Å²) in [5.74, 6) is 0. The lowest BCUT2D eigenvalue weighted by atomic mass is 10.1. The van der Waals surface area contributed by atoms with Crippen LogP contribution in [0, 0.1) is 0 Å². The van der Waals surface area contributed by atoms with E-state index in [-0.39, 0.29) is 21.6 Å². The van der Waals surface area contributed by atoms with Crippen LogP contribution >= 0.6 is 12.2 Å². The molecule has 1 saturated carbocycles. The van der Waals surface area contributed by atoms with Gasteiger partial charge in [0.25, 0.3) is 0 Å².